The highest BCUT2D eigenvalue weighted by Gasteiger charge is 2.18. The lowest BCUT2D eigenvalue weighted by atomic mass is 10.2. The fourth-order valence-corrected chi connectivity index (χ4v) is 4.10. The Bertz CT molecular complexity index is 1380. The number of halogens is 1. The number of hydrogen-bond acceptors (Lipinski definition) is 8. The zero-order valence-corrected chi connectivity index (χ0v) is 20.4. The minimum absolute atomic E-state index is 0.0687. The smallest absolute Gasteiger partial charge is 0.229 e. The quantitative estimate of drug-likeness (QED) is 0.377. The van der Waals surface area contributed by atoms with Crippen LogP contribution >= 0.6 is 0 Å². The van der Waals surface area contributed by atoms with Crippen molar-refractivity contribution in [3.63, 3.8) is 0 Å². The number of nitrogens with zero attached hydrogens (tertiary/aromatic N) is 6. The number of carbonyl (C=O) groups is 1. The normalized spacial score (nSPS) is 13.7. The maximum absolute atomic E-state index is 14.5. The van der Waals surface area contributed by atoms with Gasteiger partial charge in [0.2, 0.25) is 17.8 Å². The fraction of sp³-hybridized carbons (Fsp3) is 0.280. The van der Waals surface area contributed by atoms with E-state index in [2.05, 4.69) is 35.5 Å². The molecule has 186 valence electrons. The molecule has 0 bridgehead atoms. The summed E-state index contributed by atoms with van der Waals surface area (Å²) >= 11 is 0. The van der Waals surface area contributed by atoms with Gasteiger partial charge in [-0.15, -0.1) is 0 Å². The third-order valence-corrected chi connectivity index (χ3v) is 6.11. The zero-order valence-electron chi connectivity index (χ0n) is 20.4. The number of hydrogen-bond donors (Lipinski definition) is 3. The first kappa shape index (κ1) is 23.3. The number of anilines is 6. The standard InChI is InChI=1S/C25H28FN9O/c1-16(36)34-10-12-35(13-11-34)19-7-4-17(5-8-19)29-24-27-15-20(26)23(32-24)28-18-6-9-21-22(14-18)31-25(30-21)33(2)3/h4-9,14-15H,10-13H2,1-3H3,(H,30,31)(H2,27,28,29,32). The van der Waals surface area contributed by atoms with E-state index in [9.17, 15) is 9.18 Å². The molecule has 1 amide bonds. The number of rotatable bonds is 6. The van der Waals surface area contributed by atoms with Crippen molar-refractivity contribution < 1.29 is 9.18 Å². The summed E-state index contributed by atoms with van der Waals surface area (Å²) < 4.78 is 14.5. The molecule has 0 aliphatic carbocycles. The van der Waals surface area contributed by atoms with Crippen molar-refractivity contribution in [2.24, 2.45) is 0 Å². The predicted octanol–water partition coefficient (Wildman–Crippen LogP) is 3.71. The third-order valence-electron chi connectivity index (χ3n) is 6.11. The van der Waals surface area contributed by atoms with Crippen LogP contribution in [0.3, 0.4) is 0 Å². The second-order valence-corrected chi connectivity index (χ2v) is 8.87. The summed E-state index contributed by atoms with van der Waals surface area (Å²) in [6.07, 6.45) is 1.14. The van der Waals surface area contributed by atoms with E-state index < -0.39 is 5.82 Å². The van der Waals surface area contributed by atoms with Gasteiger partial charge in [0.25, 0.3) is 0 Å². The topological polar surface area (TPSA) is 105 Å². The molecule has 1 fully saturated rings. The van der Waals surface area contributed by atoms with Gasteiger partial charge < -0.3 is 30.3 Å². The van der Waals surface area contributed by atoms with Crippen molar-refractivity contribution in [2.75, 3.05) is 60.7 Å². The molecule has 0 unspecified atom stereocenters. The Kier molecular flexibility index (Phi) is 6.28. The molecule has 2 aromatic carbocycles. The van der Waals surface area contributed by atoms with Gasteiger partial charge in [-0.05, 0) is 42.5 Å². The molecule has 5 rings (SSSR count). The van der Waals surface area contributed by atoms with Crippen LogP contribution in [0.5, 0.6) is 0 Å². The highest BCUT2D eigenvalue weighted by Crippen LogP contribution is 2.25. The molecule has 0 spiro atoms. The minimum Gasteiger partial charge on any atom is -0.368 e. The number of aromatic amines is 1. The summed E-state index contributed by atoms with van der Waals surface area (Å²) in [5.41, 5.74) is 4.19. The van der Waals surface area contributed by atoms with Gasteiger partial charge in [0.15, 0.2) is 11.6 Å². The maximum atomic E-state index is 14.5. The average Bonchev–Trinajstić information content (AvgIpc) is 3.31. The van der Waals surface area contributed by atoms with Crippen LogP contribution in [0.25, 0.3) is 11.0 Å². The summed E-state index contributed by atoms with van der Waals surface area (Å²) in [6, 6.07) is 13.4. The maximum Gasteiger partial charge on any atom is 0.229 e. The molecular formula is C25H28FN9O. The van der Waals surface area contributed by atoms with E-state index in [1.165, 1.54) is 0 Å². The van der Waals surface area contributed by atoms with E-state index in [-0.39, 0.29) is 17.7 Å². The fourth-order valence-electron chi connectivity index (χ4n) is 4.10. The van der Waals surface area contributed by atoms with Crippen LogP contribution in [0.15, 0.2) is 48.7 Å². The van der Waals surface area contributed by atoms with E-state index >= 15 is 0 Å². The average molecular weight is 490 g/mol. The molecule has 1 aliphatic heterocycles. The Morgan fingerprint density at radius 2 is 1.72 bits per heavy atom. The van der Waals surface area contributed by atoms with Crippen LogP contribution in [0.1, 0.15) is 6.92 Å². The zero-order chi connectivity index (χ0) is 25.2. The Morgan fingerprint density at radius 1 is 1.00 bits per heavy atom. The lowest BCUT2D eigenvalue weighted by molar-refractivity contribution is -0.129. The van der Waals surface area contributed by atoms with Gasteiger partial charge in [-0.25, -0.2) is 14.4 Å². The molecule has 0 atom stereocenters. The van der Waals surface area contributed by atoms with E-state index in [4.69, 9.17) is 0 Å². The van der Waals surface area contributed by atoms with Crippen molar-refractivity contribution in [1.82, 2.24) is 24.8 Å². The van der Waals surface area contributed by atoms with Crippen LogP contribution in [0.2, 0.25) is 0 Å². The molecule has 1 saturated heterocycles. The van der Waals surface area contributed by atoms with Gasteiger partial charge in [-0.2, -0.15) is 4.98 Å². The number of fused-ring (bicyclic) bond motifs is 1. The van der Waals surface area contributed by atoms with Crippen LogP contribution in [-0.2, 0) is 4.79 Å². The summed E-state index contributed by atoms with van der Waals surface area (Å²) in [5, 5.41) is 6.16. The molecule has 4 aromatic rings. The van der Waals surface area contributed by atoms with Crippen LogP contribution in [0, 0.1) is 5.82 Å². The predicted molar refractivity (Wildman–Crippen MR) is 140 cm³/mol. The summed E-state index contributed by atoms with van der Waals surface area (Å²) in [6.45, 7) is 4.64. The Hall–Kier alpha value is -4.41. The Balaban J connectivity index is 1.26. The number of H-pyrrole nitrogens is 1. The molecule has 2 aromatic heterocycles. The SMILES string of the molecule is CC(=O)N1CCN(c2ccc(Nc3ncc(F)c(Nc4ccc5nc(N(C)C)[nH]c5c4)n3)cc2)CC1. The van der Waals surface area contributed by atoms with E-state index in [0.717, 1.165) is 60.7 Å². The second-order valence-electron chi connectivity index (χ2n) is 8.87. The van der Waals surface area contributed by atoms with Gasteiger partial charge >= 0.3 is 0 Å². The third kappa shape index (κ3) is 4.99. The Morgan fingerprint density at radius 3 is 2.42 bits per heavy atom. The van der Waals surface area contributed by atoms with Gasteiger partial charge in [0.1, 0.15) is 0 Å². The molecule has 11 heteroatoms. The number of nitrogens with one attached hydrogen (secondary N) is 3. The lowest BCUT2D eigenvalue weighted by Gasteiger charge is -2.35. The molecule has 36 heavy (non-hydrogen) atoms. The van der Waals surface area contributed by atoms with Gasteiger partial charge in [0.05, 0.1) is 17.2 Å². The van der Waals surface area contributed by atoms with Gasteiger partial charge in [-0.3, -0.25) is 4.79 Å². The highest BCUT2D eigenvalue weighted by molar-refractivity contribution is 5.82. The van der Waals surface area contributed by atoms with Crippen molar-refractivity contribution in [1.29, 1.82) is 0 Å². The molecule has 0 radical (unpaired) electrons. The van der Waals surface area contributed by atoms with Crippen LogP contribution in [0.4, 0.5) is 39.2 Å². The lowest BCUT2D eigenvalue weighted by Crippen LogP contribution is -2.48. The summed E-state index contributed by atoms with van der Waals surface area (Å²) in [4.78, 5) is 33.7. The van der Waals surface area contributed by atoms with E-state index in [1.807, 2.05) is 66.4 Å². The van der Waals surface area contributed by atoms with Crippen molar-refractivity contribution in [3.8, 4) is 0 Å². The molecule has 3 heterocycles. The Labute approximate surface area is 208 Å². The molecule has 1 aliphatic rings. The number of imidazole rings is 1. The molecule has 3 N–H and O–H groups in total. The van der Waals surface area contributed by atoms with Crippen LogP contribution in [-0.4, -0.2) is 71.0 Å². The monoisotopic (exact) mass is 489 g/mol. The van der Waals surface area contributed by atoms with Crippen LogP contribution < -0.4 is 20.4 Å². The number of aromatic nitrogens is 4. The highest BCUT2D eigenvalue weighted by atomic mass is 19.1. The molecular weight excluding hydrogens is 461 g/mol. The number of benzene rings is 2. The molecule has 10 nitrogen and oxygen atoms in total. The minimum atomic E-state index is -0.556. The van der Waals surface area contributed by atoms with Crippen molar-refractivity contribution in [3.05, 3.63) is 54.5 Å². The number of amides is 1. The largest absolute Gasteiger partial charge is 0.368 e. The first-order chi connectivity index (χ1) is 17.4. The number of piperazine rings is 1. The van der Waals surface area contributed by atoms with Crippen molar-refractivity contribution >= 4 is 51.7 Å². The van der Waals surface area contributed by atoms with Crippen molar-refractivity contribution in [2.45, 2.75) is 6.92 Å². The second kappa shape index (κ2) is 9.68. The van der Waals surface area contributed by atoms with E-state index in [0.29, 0.717) is 5.69 Å². The van der Waals surface area contributed by atoms with E-state index in [1.54, 1.807) is 6.92 Å². The first-order valence-electron chi connectivity index (χ1n) is 11.7. The summed E-state index contributed by atoms with van der Waals surface area (Å²) in [5.74, 6) is 0.645. The van der Waals surface area contributed by atoms with Gasteiger partial charge in [-0.1, -0.05) is 0 Å². The van der Waals surface area contributed by atoms with Gasteiger partial charge in [0, 0.05) is 64.3 Å². The number of carbonyl (C=O) groups excluding carboxylic acids is 1. The molecule has 0 saturated carbocycles. The summed E-state index contributed by atoms with van der Waals surface area (Å²) in [7, 11) is 3.82. The first-order valence-corrected chi connectivity index (χ1v) is 11.7.